The molecular formula is C17H18N2O4. The fourth-order valence-electron chi connectivity index (χ4n) is 1.93. The zero-order valence-corrected chi connectivity index (χ0v) is 12.5. The van der Waals surface area contributed by atoms with Crippen molar-refractivity contribution in [3.63, 3.8) is 0 Å². The van der Waals surface area contributed by atoms with Crippen molar-refractivity contribution in [2.24, 2.45) is 0 Å². The summed E-state index contributed by atoms with van der Waals surface area (Å²) < 4.78 is 5.03. The molecule has 3 N–H and O–H groups in total. The molecule has 1 amide bonds. The number of hydrogen-bond acceptors (Lipinski definition) is 5. The second-order valence-electron chi connectivity index (χ2n) is 4.69. The Labute approximate surface area is 134 Å². The van der Waals surface area contributed by atoms with Crippen LogP contribution in [-0.2, 0) is 9.53 Å². The molecule has 0 saturated heterocycles. The van der Waals surface area contributed by atoms with E-state index in [1.807, 2.05) is 6.07 Å². The van der Waals surface area contributed by atoms with E-state index >= 15 is 0 Å². The number of carbonyl (C=O) groups is 2. The van der Waals surface area contributed by atoms with Crippen molar-refractivity contribution in [3.8, 4) is 0 Å². The van der Waals surface area contributed by atoms with Crippen molar-refractivity contribution in [2.75, 3.05) is 30.4 Å². The van der Waals surface area contributed by atoms with Gasteiger partial charge in [0.15, 0.2) is 6.61 Å². The van der Waals surface area contributed by atoms with E-state index < -0.39 is 11.9 Å². The zero-order chi connectivity index (χ0) is 16.5. The highest BCUT2D eigenvalue weighted by Crippen LogP contribution is 2.16. The highest BCUT2D eigenvalue weighted by atomic mass is 16.5. The average molecular weight is 314 g/mol. The Morgan fingerprint density at radius 1 is 1.00 bits per heavy atom. The van der Waals surface area contributed by atoms with Crippen molar-refractivity contribution in [3.05, 3.63) is 60.2 Å². The lowest BCUT2D eigenvalue weighted by Gasteiger charge is -2.11. The van der Waals surface area contributed by atoms with Crippen LogP contribution in [0.4, 0.5) is 11.4 Å². The van der Waals surface area contributed by atoms with Gasteiger partial charge in [0.2, 0.25) is 0 Å². The Hall–Kier alpha value is -2.86. The molecule has 0 radical (unpaired) electrons. The molecule has 2 aromatic rings. The van der Waals surface area contributed by atoms with Crippen molar-refractivity contribution >= 4 is 23.3 Å². The molecule has 0 spiro atoms. The maximum absolute atomic E-state index is 12.1. The van der Waals surface area contributed by atoms with Gasteiger partial charge < -0.3 is 20.5 Å². The Morgan fingerprint density at radius 3 is 2.43 bits per heavy atom. The molecule has 0 aliphatic heterocycles. The molecule has 0 atom stereocenters. The predicted molar refractivity (Wildman–Crippen MR) is 87.4 cm³/mol. The van der Waals surface area contributed by atoms with Crippen LogP contribution in [0.15, 0.2) is 54.6 Å². The van der Waals surface area contributed by atoms with Crippen LogP contribution in [0.2, 0.25) is 0 Å². The van der Waals surface area contributed by atoms with Crippen molar-refractivity contribution < 1.29 is 19.4 Å². The number of hydrogen-bond donors (Lipinski definition) is 3. The van der Waals surface area contributed by atoms with Gasteiger partial charge in [-0.1, -0.05) is 30.3 Å². The molecule has 0 aromatic heterocycles. The molecule has 23 heavy (non-hydrogen) atoms. The number of anilines is 2. The number of aliphatic hydroxyl groups excluding tert-OH is 1. The molecule has 6 heteroatoms. The van der Waals surface area contributed by atoms with E-state index in [0.29, 0.717) is 23.5 Å². The smallest absolute Gasteiger partial charge is 0.340 e. The largest absolute Gasteiger partial charge is 0.452 e. The van der Waals surface area contributed by atoms with Gasteiger partial charge in [0.25, 0.3) is 5.91 Å². The van der Waals surface area contributed by atoms with Gasteiger partial charge in [-0.2, -0.15) is 0 Å². The minimum Gasteiger partial charge on any atom is -0.452 e. The van der Waals surface area contributed by atoms with Crippen molar-refractivity contribution in [1.82, 2.24) is 0 Å². The summed E-state index contributed by atoms with van der Waals surface area (Å²) in [6.45, 7) is -0.107. The average Bonchev–Trinajstić information content (AvgIpc) is 2.59. The highest BCUT2D eigenvalue weighted by Gasteiger charge is 2.14. The molecular weight excluding hydrogens is 296 g/mol. The SMILES string of the molecule is O=C(COC(=O)c1ccccc1NCCO)Nc1ccccc1. The first kappa shape index (κ1) is 16.5. The first-order valence-corrected chi connectivity index (χ1v) is 7.16. The molecule has 6 nitrogen and oxygen atoms in total. The standard InChI is InChI=1S/C17H18N2O4/c20-11-10-18-15-9-5-4-8-14(15)17(22)23-12-16(21)19-13-6-2-1-3-7-13/h1-9,18,20H,10-12H2,(H,19,21). The number of ether oxygens (including phenoxy) is 1. The summed E-state index contributed by atoms with van der Waals surface area (Å²) in [5.74, 6) is -1.01. The van der Waals surface area contributed by atoms with Crippen LogP contribution in [0.5, 0.6) is 0 Å². The number of amides is 1. The van der Waals surface area contributed by atoms with E-state index in [2.05, 4.69) is 10.6 Å². The summed E-state index contributed by atoms with van der Waals surface area (Å²) in [4.78, 5) is 23.8. The van der Waals surface area contributed by atoms with Crippen LogP contribution in [0.25, 0.3) is 0 Å². The number of esters is 1. The van der Waals surface area contributed by atoms with Crippen LogP contribution in [0, 0.1) is 0 Å². The molecule has 0 aliphatic rings. The quantitative estimate of drug-likeness (QED) is 0.679. The third-order valence-corrected chi connectivity index (χ3v) is 2.97. The second-order valence-corrected chi connectivity index (χ2v) is 4.69. The molecule has 0 saturated carbocycles. The van der Waals surface area contributed by atoms with E-state index in [1.54, 1.807) is 48.5 Å². The van der Waals surface area contributed by atoms with Gasteiger partial charge in [0.1, 0.15) is 0 Å². The highest BCUT2D eigenvalue weighted by molar-refractivity contribution is 5.98. The summed E-state index contributed by atoms with van der Waals surface area (Å²) >= 11 is 0. The number of aliphatic hydroxyl groups is 1. The minimum atomic E-state index is -0.603. The maximum Gasteiger partial charge on any atom is 0.340 e. The molecule has 0 heterocycles. The summed E-state index contributed by atoms with van der Waals surface area (Å²) in [6, 6.07) is 15.7. The molecule has 120 valence electrons. The fraction of sp³-hybridized carbons (Fsp3) is 0.176. The molecule has 2 aromatic carbocycles. The summed E-state index contributed by atoms with van der Waals surface area (Å²) in [7, 11) is 0. The van der Waals surface area contributed by atoms with Crippen molar-refractivity contribution in [1.29, 1.82) is 0 Å². The second kappa shape index (κ2) is 8.55. The maximum atomic E-state index is 12.1. The van der Waals surface area contributed by atoms with Crippen LogP contribution in [0.3, 0.4) is 0 Å². The van der Waals surface area contributed by atoms with E-state index in [9.17, 15) is 9.59 Å². The number of carbonyl (C=O) groups excluding carboxylic acids is 2. The lowest BCUT2D eigenvalue weighted by atomic mass is 10.2. The lowest BCUT2D eigenvalue weighted by Crippen LogP contribution is -2.21. The van der Waals surface area contributed by atoms with Crippen LogP contribution < -0.4 is 10.6 Å². The predicted octanol–water partition coefficient (Wildman–Crippen LogP) is 1.89. The first-order chi connectivity index (χ1) is 11.2. The Kier molecular flexibility index (Phi) is 6.14. The Balaban J connectivity index is 1.90. The first-order valence-electron chi connectivity index (χ1n) is 7.16. The molecule has 0 unspecified atom stereocenters. The van der Waals surface area contributed by atoms with E-state index in [4.69, 9.17) is 9.84 Å². The normalized spacial score (nSPS) is 9.96. The summed E-state index contributed by atoms with van der Waals surface area (Å²) in [5.41, 5.74) is 1.50. The summed E-state index contributed by atoms with van der Waals surface area (Å²) in [6.07, 6.45) is 0. The van der Waals surface area contributed by atoms with Gasteiger partial charge >= 0.3 is 5.97 Å². The van der Waals surface area contributed by atoms with Gasteiger partial charge in [-0.05, 0) is 24.3 Å². The molecule has 0 aliphatic carbocycles. The lowest BCUT2D eigenvalue weighted by molar-refractivity contribution is -0.119. The van der Waals surface area contributed by atoms with Crippen LogP contribution >= 0.6 is 0 Å². The molecule has 0 bridgehead atoms. The minimum absolute atomic E-state index is 0.0527. The summed E-state index contributed by atoms with van der Waals surface area (Å²) in [5, 5.41) is 14.4. The molecule has 0 fully saturated rings. The topological polar surface area (TPSA) is 87.7 Å². The number of benzene rings is 2. The fourth-order valence-corrected chi connectivity index (χ4v) is 1.93. The Morgan fingerprint density at radius 2 is 1.70 bits per heavy atom. The van der Waals surface area contributed by atoms with Crippen molar-refractivity contribution in [2.45, 2.75) is 0 Å². The van der Waals surface area contributed by atoms with Gasteiger partial charge in [-0.25, -0.2) is 4.79 Å². The van der Waals surface area contributed by atoms with Crippen LogP contribution in [-0.4, -0.2) is 36.7 Å². The molecule has 2 rings (SSSR count). The third kappa shape index (κ3) is 5.12. The van der Waals surface area contributed by atoms with E-state index in [1.165, 1.54) is 0 Å². The number of para-hydroxylation sites is 2. The number of nitrogens with one attached hydrogen (secondary N) is 2. The van der Waals surface area contributed by atoms with Crippen LogP contribution in [0.1, 0.15) is 10.4 Å². The van der Waals surface area contributed by atoms with Gasteiger partial charge in [-0.15, -0.1) is 0 Å². The van der Waals surface area contributed by atoms with Gasteiger partial charge in [0, 0.05) is 17.9 Å². The monoisotopic (exact) mass is 314 g/mol. The van der Waals surface area contributed by atoms with E-state index in [-0.39, 0.29) is 13.2 Å². The Bertz CT molecular complexity index is 659. The third-order valence-electron chi connectivity index (χ3n) is 2.97. The van der Waals surface area contributed by atoms with Gasteiger partial charge in [-0.3, -0.25) is 4.79 Å². The van der Waals surface area contributed by atoms with E-state index in [0.717, 1.165) is 0 Å². The number of rotatable bonds is 7. The van der Waals surface area contributed by atoms with Gasteiger partial charge in [0.05, 0.1) is 12.2 Å². The zero-order valence-electron chi connectivity index (χ0n) is 12.5.